The van der Waals surface area contributed by atoms with Gasteiger partial charge in [0, 0.05) is 42.3 Å². The number of hydrogen-bond acceptors (Lipinski definition) is 12. The van der Waals surface area contributed by atoms with Crippen molar-refractivity contribution < 1.29 is 53.1 Å². The summed E-state index contributed by atoms with van der Waals surface area (Å²) in [5, 5.41) is 26.4. The molecule has 0 aromatic carbocycles. The first-order valence-corrected chi connectivity index (χ1v) is 30.6. The first-order valence-electron chi connectivity index (χ1n) is 30.2. The van der Waals surface area contributed by atoms with Gasteiger partial charge in [-0.15, -0.1) is 0 Å². The summed E-state index contributed by atoms with van der Waals surface area (Å²) >= 11 is 5.74. The van der Waals surface area contributed by atoms with Crippen LogP contribution in [0.1, 0.15) is 156 Å². The number of nitrogens with zero attached hydrogens (tertiary/aromatic N) is 6. The molecule has 0 spiro atoms. The highest BCUT2D eigenvalue weighted by Gasteiger charge is 2.45. The van der Waals surface area contributed by atoms with Gasteiger partial charge < -0.3 is 61.1 Å². The highest BCUT2D eigenvalue weighted by Crippen LogP contribution is 2.25. The number of amides is 10. The SMILES string of the molecule is C/C=C/CC(C)C(O)[C@@H]1C(=O)N[C@@H](CC)C(=O)N(C)CC(=O)N(C)[C@@H](CC(C)C)C(=O)N[C@@H](C(C)C)C(=O)N[C@@H](CC(C)C)C(=O)N[C@@H](C)C(=S)N[C@H](C)C(=O)N(C)[C@@H](CC(C)C)C(=O)N(C)[C@@H](CC(C)C)C(=O)N(C)[C@@H](C(C)C)C(=O)N1C. The third-order valence-electron chi connectivity index (χ3n) is 15.6. The second kappa shape index (κ2) is 35.0. The molecule has 0 aromatic heterocycles. The first-order chi connectivity index (χ1) is 38.8. The lowest BCUT2D eigenvalue weighted by atomic mass is 9.91. The zero-order chi connectivity index (χ0) is 65.1. The van der Waals surface area contributed by atoms with Gasteiger partial charge in [-0.05, 0) is 101 Å². The van der Waals surface area contributed by atoms with Crippen molar-refractivity contribution in [2.75, 3.05) is 48.8 Å². The van der Waals surface area contributed by atoms with Crippen LogP contribution in [0.4, 0.5) is 0 Å². The molecule has 0 aliphatic carbocycles. The molecule has 1 heterocycles. The smallest absolute Gasteiger partial charge is 0.246 e. The zero-order valence-electron chi connectivity index (χ0n) is 55.1. The molecular formula is C61H109N11O11S. The number of likely N-dealkylation sites (N-methyl/N-ethyl adjacent to an activating group) is 6. The molecule has 0 aromatic rings. The number of carbonyl (C=O) groups is 10. The first kappa shape index (κ1) is 76.3. The highest BCUT2D eigenvalue weighted by atomic mass is 32.1. The Morgan fingerprint density at radius 2 is 0.964 bits per heavy atom. The molecule has 10 amide bonds. The third-order valence-corrected chi connectivity index (χ3v) is 16.1. The number of hydrogen-bond donors (Lipinski definition) is 6. The molecule has 1 aliphatic heterocycles. The number of nitrogens with one attached hydrogen (secondary N) is 5. The summed E-state index contributed by atoms with van der Waals surface area (Å²) in [6, 6.07) is -11.5. The predicted molar refractivity (Wildman–Crippen MR) is 331 cm³/mol. The molecule has 1 aliphatic rings. The summed E-state index contributed by atoms with van der Waals surface area (Å²) < 4.78 is 0. The Bertz CT molecular complexity index is 2290. The molecule has 1 rings (SSSR count). The van der Waals surface area contributed by atoms with Gasteiger partial charge in [-0.25, -0.2) is 0 Å². The lowest BCUT2D eigenvalue weighted by molar-refractivity contribution is -0.157. The van der Waals surface area contributed by atoms with Gasteiger partial charge in [0.05, 0.1) is 23.7 Å². The van der Waals surface area contributed by atoms with E-state index in [1.54, 1.807) is 61.5 Å². The van der Waals surface area contributed by atoms with Crippen molar-refractivity contribution in [1.82, 2.24) is 56.0 Å². The molecule has 480 valence electrons. The van der Waals surface area contributed by atoms with E-state index < -0.39 is 150 Å². The van der Waals surface area contributed by atoms with Gasteiger partial charge in [0.2, 0.25) is 59.1 Å². The van der Waals surface area contributed by atoms with Crippen LogP contribution >= 0.6 is 12.2 Å². The van der Waals surface area contributed by atoms with Crippen molar-refractivity contribution in [2.45, 2.75) is 223 Å². The molecule has 1 saturated heterocycles. The number of aliphatic hydroxyl groups excluding tert-OH is 1. The molecule has 2 unspecified atom stereocenters. The van der Waals surface area contributed by atoms with Crippen molar-refractivity contribution >= 4 is 76.3 Å². The Morgan fingerprint density at radius 3 is 1.43 bits per heavy atom. The summed E-state index contributed by atoms with van der Waals surface area (Å²) in [6.07, 6.45) is 3.23. The molecule has 22 nitrogen and oxygen atoms in total. The standard InChI is InChI=1S/C61H109N11O11S/c1-24-26-27-39(15)51(74)50-55(78)64-42(25-2)58(80)67(18)32-47(73)68(19)44(29-34(5)6)53(76)66-48(37(11)12)54(77)65-43(28-33(3)4)52(75)62-40(16)56(84)63-41(17)57(79)69(20)45(30-35(7)8)59(81)70(21)46(31-36(9)10)60(82)71(22)49(38(13)14)61(83)72(50)23/h24,26,33-46,48-51,74H,25,27-32H2,1-23H3,(H,62,75)(H,63,84)(H,64,78)(H,65,77)(H,66,76)/b26-24+/t39?,40-,41+,42-,43-,44-,45-,46-,48-,49-,50+,51?/m0/s1. The van der Waals surface area contributed by atoms with Crippen LogP contribution in [-0.4, -0.2) is 214 Å². The Labute approximate surface area is 508 Å². The lowest BCUT2D eigenvalue weighted by Gasteiger charge is -2.41. The van der Waals surface area contributed by atoms with E-state index in [4.69, 9.17) is 12.2 Å². The Morgan fingerprint density at radius 1 is 0.500 bits per heavy atom. The molecule has 23 heteroatoms. The Balaban J connectivity index is 4.28. The molecule has 0 saturated carbocycles. The van der Waals surface area contributed by atoms with E-state index in [0.29, 0.717) is 6.42 Å². The molecule has 6 N–H and O–H groups in total. The van der Waals surface area contributed by atoms with E-state index >= 15 is 9.59 Å². The third kappa shape index (κ3) is 22.0. The van der Waals surface area contributed by atoms with E-state index in [1.165, 1.54) is 61.9 Å². The topological polar surface area (TPSA) is 271 Å². The van der Waals surface area contributed by atoms with Gasteiger partial charge in [0.1, 0.15) is 54.4 Å². The average Bonchev–Trinajstić information content (AvgIpc) is 3.53. The number of thiocarbonyl (C=S) groups is 1. The van der Waals surface area contributed by atoms with E-state index in [0.717, 1.165) is 9.80 Å². The quantitative estimate of drug-likeness (QED) is 0.101. The predicted octanol–water partition coefficient (Wildman–Crippen LogP) is 3.73. The molecular weight excluding hydrogens is 1090 g/mol. The Hall–Kier alpha value is -5.71. The van der Waals surface area contributed by atoms with E-state index in [-0.39, 0.29) is 60.8 Å². The number of carbonyl (C=O) groups excluding carboxylic acids is 10. The van der Waals surface area contributed by atoms with Crippen LogP contribution in [-0.2, 0) is 47.9 Å². The summed E-state index contributed by atoms with van der Waals surface area (Å²) in [4.78, 5) is 153. The van der Waals surface area contributed by atoms with Gasteiger partial charge in [0.15, 0.2) is 0 Å². The molecule has 0 radical (unpaired) electrons. The fourth-order valence-electron chi connectivity index (χ4n) is 10.4. The van der Waals surface area contributed by atoms with E-state index in [9.17, 15) is 43.5 Å². The van der Waals surface area contributed by atoms with Crippen LogP contribution in [0, 0.1) is 41.4 Å². The maximum Gasteiger partial charge on any atom is 0.246 e. The van der Waals surface area contributed by atoms with Gasteiger partial charge in [-0.1, -0.05) is 121 Å². The van der Waals surface area contributed by atoms with Crippen LogP contribution in [0.15, 0.2) is 12.2 Å². The van der Waals surface area contributed by atoms with Crippen LogP contribution < -0.4 is 26.6 Å². The average molecular weight is 1200 g/mol. The zero-order valence-corrected chi connectivity index (χ0v) is 55.9. The number of aliphatic hydroxyl groups is 1. The summed E-state index contributed by atoms with van der Waals surface area (Å²) in [5.41, 5.74) is 0. The van der Waals surface area contributed by atoms with E-state index in [1.807, 2.05) is 68.4 Å². The van der Waals surface area contributed by atoms with Gasteiger partial charge in [0.25, 0.3) is 0 Å². The lowest BCUT2D eigenvalue weighted by Crippen LogP contribution is -2.63. The van der Waals surface area contributed by atoms with Crippen LogP contribution in [0.2, 0.25) is 0 Å². The largest absolute Gasteiger partial charge is 0.390 e. The number of rotatable bonds is 15. The van der Waals surface area contributed by atoms with Crippen molar-refractivity contribution in [3.63, 3.8) is 0 Å². The maximum absolute atomic E-state index is 15.1. The normalized spacial score (nSPS) is 27.0. The second-order valence-electron chi connectivity index (χ2n) is 25.7. The minimum absolute atomic E-state index is 0.0317. The minimum Gasteiger partial charge on any atom is -0.390 e. The van der Waals surface area contributed by atoms with Crippen molar-refractivity contribution in [3.05, 3.63) is 12.2 Å². The van der Waals surface area contributed by atoms with Crippen molar-refractivity contribution in [1.29, 1.82) is 0 Å². The second-order valence-corrected chi connectivity index (χ2v) is 26.1. The molecule has 0 bridgehead atoms. The van der Waals surface area contributed by atoms with Crippen LogP contribution in [0.25, 0.3) is 0 Å². The maximum atomic E-state index is 15.1. The van der Waals surface area contributed by atoms with Gasteiger partial charge >= 0.3 is 0 Å². The van der Waals surface area contributed by atoms with Gasteiger partial charge in [-0.3, -0.25) is 47.9 Å². The van der Waals surface area contributed by atoms with Gasteiger partial charge in [-0.2, -0.15) is 0 Å². The van der Waals surface area contributed by atoms with Crippen molar-refractivity contribution in [2.24, 2.45) is 41.4 Å². The Kier molecular flexibility index (Phi) is 31.8. The molecule has 12 atom stereocenters. The minimum atomic E-state index is -1.60. The van der Waals surface area contributed by atoms with Crippen LogP contribution in [0.3, 0.4) is 0 Å². The fraction of sp³-hybridized carbons (Fsp3) is 0.787. The summed E-state index contributed by atoms with van der Waals surface area (Å²) in [7, 11) is 8.62. The number of allylic oxidation sites excluding steroid dienone is 2. The fourth-order valence-corrected chi connectivity index (χ4v) is 10.6. The molecule has 1 fully saturated rings. The van der Waals surface area contributed by atoms with E-state index in [2.05, 4.69) is 26.6 Å². The monoisotopic (exact) mass is 1200 g/mol. The highest BCUT2D eigenvalue weighted by molar-refractivity contribution is 7.80. The van der Waals surface area contributed by atoms with Crippen LogP contribution in [0.5, 0.6) is 0 Å². The summed E-state index contributed by atoms with van der Waals surface area (Å²) in [6.45, 7) is 29.9. The molecule has 84 heavy (non-hydrogen) atoms. The summed E-state index contributed by atoms with van der Waals surface area (Å²) in [5.74, 6) is -8.45. The van der Waals surface area contributed by atoms with Crippen molar-refractivity contribution in [3.8, 4) is 0 Å².